The number of aryl methyl sites for hydroxylation is 3. The Labute approximate surface area is 120 Å². The molecule has 0 aliphatic carbocycles. The zero-order chi connectivity index (χ0) is 14.3. The summed E-state index contributed by atoms with van der Waals surface area (Å²) in [6.07, 6.45) is 3.93. The number of piperidine rings is 1. The van der Waals surface area contributed by atoms with Crippen LogP contribution in [-0.4, -0.2) is 23.4 Å². The monoisotopic (exact) mass is 270 g/mol. The first-order valence-electron chi connectivity index (χ1n) is 7.39. The second-order valence-electron chi connectivity index (χ2n) is 6.02. The van der Waals surface area contributed by atoms with Gasteiger partial charge in [-0.2, -0.15) is 0 Å². The molecule has 3 rings (SSSR count). The molecule has 0 radical (unpaired) electrons. The predicted octanol–water partition coefficient (Wildman–Crippen LogP) is 2.98. The summed E-state index contributed by atoms with van der Waals surface area (Å²) < 4.78 is 2.10. The van der Waals surface area contributed by atoms with Gasteiger partial charge in [0.05, 0.1) is 5.52 Å². The number of nitrogens with zero attached hydrogens (tertiary/aromatic N) is 1. The Bertz CT molecular complexity index is 663. The van der Waals surface area contributed by atoms with Gasteiger partial charge in [0.15, 0.2) is 5.78 Å². The van der Waals surface area contributed by atoms with Crippen molar-refractivity contribution in [3.63, 3.8) is 0 Å². The molecule has 1 aromatic carbocycles. The van der Waals surface area contributed by atoms with Gasteiger partial charge in [0.2, 0.25) is 0 Å². The average Bonchev–Trinajstić information content (AvgIpc) is 2.76. The minimum absolute atomic E-state index is 0.183. The smallest absolute Gasteiger partial charge is 0.168 e. The molecule has 1 fully saturated rings. The van der Waals surface area contributed by atoms with Gasteiger partial charge in [-0.3, -0.25) is 4.79 Å². The molecule has 1 aromatic heterocycles. The molecule has 20 heavy (non-hydrogen) atoms. The predicted molar refractivity (Wildman–Crippen MR) is 82.3 cm³/mol. The number of benzene rings is 1. The fourth-order valence-corrected chi connectivity index (χ4v) is 3.46. The third-order valence-electron chi connectivity index (χ3n) is 4.39. The standard InChI is InChI=1S/C17H22N2O/c1-11-8-12(2)16-14(9-11)15(10-19(16)3)17(20)13-4-6-18-7-5-13/h8-10,13,18H,4-7H2,1-3H3. The summed E-state index contributed by atoms with van der Waals surface area (Å²) in [7, 11) is 2.03. The summed E-state index contributed by atoms with van der Waals surface area (Å²) >= 11 is 0. The molecule has 3 nitrogen and oxygen atoms in total. The van der Waals surface area contributed by atoms with Gasteiger partial charge >= 0.3 is 0 Å². The third kappa shape index (κ3) is 2.16. The molecule has 0 amide bonds. The lowest BCUT2D eigenvalue weighted by molar-refractivity contribution is 0.0896. The number of Topliss-reactive ketones (excluding diaryl/α,β-unsaturated/α-hetero) is 1. The maximum atomic E-state index is 12.8. The van der Waals surface area contributed by atoms with Crippen molar-refractivity contribution in [2.45, 2.75) is 26.7 Å². The zero-order valence-electron chi connectivity index (χ0n) is 12.5. The van der Waals surface area contributed by atoms with Gasteiger partial charge in [-0.05, 0) is 51.4 Å². The van der Waals surface area contributed by atoms with Crippen molar-refractivity contribution in [3.8, 4) is 0 Å². The van der Waals surface area contributed by atoms with Gasteiger partial charge in [-0.1, -0.05) is 11.6 Å². The van der Waals surface area contributed by atoms with E-state index in [9.17, 15) is 4.79 Å². The molecule has 0 spiro atoms. The van der Waals surface area contributed by atoms with Gasteiger partial charge in [0, 0.05) is 30.1 Å². The van der Waals surface area contributed by atoms with Gasteiger partial charge in [-0.25, -0.2) is 0 Å². The van der Waals surface area contributed by atoms with E-state index in [0.29, 0.717) is 5.78 Å². The van der Waals surface area contributed by atoms with Gasteiger partial charge in [-0.15, -0.1) is 0 Å². The number of hydrogen-bond acceptors (Lipinski definition) is 2. The lowest BCUT2D eigenvalue weighted by Crippen LogP contribution is -2.31. The van der Waals surface area contributed by atoms with Crippen molar-refractivity contribution in [1.82, 2.24) is 9.88 Å². The van der Waals surface area contributed by atoms with E-state index in [-0.39, 0.29) is 5.92 Å². The van der Waals surface area contributed by atoms with Crippen LogP contribution in [0.25, 0.3) is 10.9 Å². The molecule has 2 aromatic rings. The van der Waals surface area contributed by atoms with E-state index >= 15 is 0 Å². The number of carbonyl (C=O) groups excluding carboxylic acids is 1. The maximum Gasteiger partial charge on any atom is 0.168 e. The Kier molecular flexibility index (Phi) is 3.38. The highest BCUT2D eigenvalue weighted by molar-refractivity contribution is 6.09. The van der Waals surface area contributed by atoms with Crippen molar-refractivity contribution >= 4 is 16.7 Å². The minimum atomic E-state index is 0.183. The van der Waals surface area contributed by atoms with Crippen molar-refractivity contribution in [2.75, 3.05) is 13.1 Å². The van der Waals surface area contributed by atoms with Crippen LogP contribution in [0.1, 0.15) is 34.3 Å². The number of hydrogen-bond donors (Lipinski definition) is 1. The van der Waals surface area contributed by atoms with E-state index in [1.807, 2.05) is 13.2 Å². The Morgan fingerprint density at radius 2 is 1.95 bits per heavy atom. The number of aromatic nitrogens is 1. The third-order valence-corrected chi connectivity index (χ3v) is 4.39. The number of carbonyl (C=O) groups is 1. The van der Waals surface area contributed by atoms with Gasteiger partial charge in [0.25, 0.3) is 0 Å². The molecule has 3 heteroatoms. The largest absolute Gasteiger partial charge is 0.350 e. The highest BCUT2D eigenvalue weighted by Gasteiger charge is 2.25. The van der Waals surface area contributed by atoms with E-state index in [2.05, 4.69) is 35.9 Å². The molecule has 1 saturated heterocycles. The normalized spacial score (nSPS) is 16.8. The molecule has 1 aliphatic heterocycles. The SMILES string of the molecule is Cc1cc(C)c2c(c1)c(C(=O)C1CCNCC1)cn2C. The van der Waals surface area contributed by atoms with Crippen LogP contribution in [0, 0.1) is 19.8 Å². The number of fused-ring (bicyclic) bond motifs is 1. The van der Waals surface area contributed by atoms with E-state index in [1.165, 1.54) is 16.6 Å². The van der Waals surface area contributed by atoms with Crippen molar-refractivity contribution in [1.29, 1.82) is 0 Å². The summed E-state index contributed by atoms with van der Waals surface area (Å²) in [5.74, 6) is 0.504. The minimum Gasteiger partial charge on any atom is -0.350 e. The second kappa shape index (κ2) is 5.06. The van der Waals surface area contributed by atoms with Crippen LogP contribution in [0.5, 0.6) is 0 Å². The first-order valence-corrected chi connectivity index (χ1v) is 7.39. The first kappa shape index (κ1) is 13.4. The van der Waals surface area contributed by atoms with Crippen molar-refractivity contribution < 1.29 is 4.79 Å². The first-order chi connectivity index (χ1) is 9.58. The van der Waals surface area contributed by atoms with E-state index < -0.39 is 0 Å². The lowest BCUT2D eigenvalue weighted by Gasteiger charge is -2.21. The quantitative estimate of drug-likeness (QED) is 0.851. The summed E-state index contributed by atoms with van der Waals surface area (Å²) in [6.45, 7) is 6.13. The van der Waals surface area contributed by atoms with Crippen LogP contribution in [0.4, 0.5) is 0 Å². The molecule has 106 valence electrons. The number of ketones is 1. The summed E-state index contributed by atoms with van der Waals surface area (Å²) in [6, 6.07) is 4.33. The summed E-state index contributed by atoms with van der Waals surface area (Å²) in [5.41, 5.74) is 4.56. The average molecular weight is 270 g/mol. The molecule has 1 aliphatic rings. The van der Waals surface area contributed by atoms with Gasteiger partial charge in [0.1, 0.15) is 0 Å². The molecule has 1 N–H and O–H groups in total. The number of nitrogens with one attached hydrogen (secondary N) is 1. The van der Waals surface area contributed by atoms with Crippen molar-refractivity contribution in [3.05, 3.63) is 35.0 Å². The van der Waals surface area contributed by atoms with E-state index in [1.54, 1.807) is 0 Å². The second-order valence-corrected chi connectivity index (χ2v) is 6.02. The van der Waals surface area contributed by atoms with Crippen LogP contribution in [0.15, 0.2) is 18.3 Å². The maximum absolute atomic E-state index is 12.8. The van der Waals surface area contributed by atoms with Gasteiger partial charge < -0.3 is 9.88 Å². The van der Waals surface area contributed by atoms with Crippen LogP contribution >= 0.6 is 0 Å². The molecular weight excluding hydrogens is 248 g/mol. The Morgan fingerprint density at radius 1 is 1.25 bits per heavy atom. The molecular formula is C17H22N2O. The summed E-state index contributed by atoms with van der Waals surface area (Å²) in [4.78, 5) is 12.8. The van der Waals surface area contributed by atoms with Crippen LogP contribution in [0.2, 0.25) is 0 Å². The molecule has 0 atom stereocenters. The molecule has 2 heterocycles. The Hall–Kier alpha value is -1.61. The van der Waals surface area contributed by atoms with Crippen molar-refractivity contribution in [2.24, 2.45) is 13.0 Å². The zero-order valence-corrected chi connectivity index (χ0v) is 12.5. The highest BCUT2D eigenvalue weighted by Crippen LogP contribution is 2.29. The Morgan fingerprint density at radius 3 is 2.65 bits per heavy atom. The Balaban J connectivity index is 2.09. The fourth-order valence-electron chi connectivity index (χ4n) is 3.46. The van der Waals surface area contributed by atoms with Crippen LogP contribution in [0.3, 0.4) is 0 Å². The molecule has 0 bridgehead atoms. The van der Waals surface area contributed by atoms with Crippen LogP contribution in [-0.2, 0) is 7.05 Å². The molecule has 0 unspecified atom stereocenters. The summed E-state index contributed by atoms with van der Waals surface area (Å²) in [5, 5.41) is 4.44. The highest BCUT2D eigenvalue weighted by atomic mass is 16.1. The molecule has 0 saturated carbocycles. The fraction of sp³-hybridized carbons (Fsp3) is 0.471. The van der Waals surface area contributed by atoms with E-state index in [0.717, 1.165) is 36.9 Å². The topological polar surface area (TPSA) is 34.0 Å². The lowest BCUT2D eigenvalue weighted by atomic mass is 9.89. The number of rotatable bonds is 2. The van der Waals surface area contributed by atoms with Crippen LogP contribution < -0.4 is 5.32 Å². The van der Waals surface area contributed by atoms with E-state index in [4.69, 9.17) is 0 Å².